The molecule has 0 spiro atoms. The number of nitrogens with zero attached hydrogens (tertiary/aromatic N) is 2. The molecular formula is C22H29Cl2FN2O2. The highest BCUT2D eigenvalue weighted by atomic mass is 35.5. The van der Waals surface area contributed by atoms with Crippen molar-refractivity contribution in [3.05, 3.63) is 71.5 Å². The molecule has 2 aromatic rings. The highest BCUT2D eigenvalue weighted by Crippen LogP contribution is 2.18. The third kappa shape index (κ3) is 7.68. The maximum atomic E-state index is 13.0. The van der Waals surface area contributed by atoms with Crippen molar-refractivity contribution < 1.29 is 13.9 Å². The molecule has 1 fully saturated rings. The molecule has 0 saturated carbocycles. The lowest BCUT2D eigenvalue weighted by molar-refractivity contribution is 0.0416. The molecule has 3 rings (SSSR count). The predicted molar refractivity (Wildman–Crippen MR) is 119 cm³/mol. The molecule has 1 unspecified atom stereocenters. The van der Waals surface area contributed by atoms with Crippen LogP contribution in [0.5, 0.6) is 0 Å². The minimum Gasteiger partial charge on any atom is -0.375 e. The number of piperazine rings is 1. The molecule has 160 valence electrons. The van der Waals surface area contributed by atoms with Crippen LogP contribution in [0.4, 0.5) is 4.39 Å². The lowest BCUT2D eigenvalue weighted by Crippen LogP contribution is -2.48. The molecule has 0 amide bonds. The number of ketones is 1. The first-order chi connectivity index (χ1) is 13.2. The second kappa shape index (κ2) is 12.9. The van der Waals surface area contributed by atoms with Gasteiger partial charge < -0.3 is 9.64 Å². The Bertz CT molecular complexity index is 723. The van der Waals surface area contributed by atoms with E-state index in [2.05, 4.69) is 21.9 Å². The molecule has 0 radical (unpaired) electrons. The summed E-state index contributed by atoms with van der Waals surface area (Å²) in [6.07, 6.45) is 0.550. The number of rotatable bonds is 8. The molecule has 0 aliphatic carbocycles. The number of ether oxygens (including phenoxy) is 1. The number of halogens is 3. The maximum Gasteiger partial charge on any atom is 0.164 e. The van der Waals surface area contributed by atoms with Gasteiger partial charge in [0.05, 0.1) is 6.10 Å². The third-order valence-corrected chi connectivity index (χ3v) is 5.17. The number of benzene rings is 2. The van der Waals surface area contributed by atoms with Gasteiger partial charge in [0.2, 0.25) is 0 Å². The summed E-state index contributed by atoms with van der Waals surface area (Å²) in [4.78, 5) is 17.0. The minimum absolute atomic E-state index is 0. The van der Waals surface area contributed by atoms with Crippen molar-refractivity contribution in [2.45, 2.75) is 12.5 Å². The highest BCUT2D eigenvalue weighted by Gasteiger charge is 2.21. The Balaban J connectivity index is 0.00000210. The summed E-state index contributed by atoms with van der Waals surface area (Å²) in [5.74, 6) is -0.242. The van der Waals surface area contributed by atoms with Crippen LogP contribution in [0.15, 0.2) is 54.6 Å². The van der Waals surface area contributed by atoms with Gasteiger partial charge in [-0.2, -0.15) is 0 Å². The quantitative estimate of drug-likeness (QED) is 0.572. The van der Waals surface area contributed by atoms with Crippen LogP contribution in [0, 0.1) is 5.82 Å². The first-order valence-electron chi connectivity index (χ1n) is 9.47. The summed E-state index contributed by atoms with van der Waals surface area (Å²) in [6, 6.07) is 16.1. The van der Waals surface area contributed by atoms with Gasteiger partial charge in [0.1, 0.15) is 5.82 Å². The molecule has 1 saturated heterocycles. The van der Waals surface area contributed by atoms with E-state index in [0.29, 0.717) is 12.0 Å². The highest BCUT2D eigenvalue weighted by molar-refractivity contribution is 5.96. The van der Waals surface area contributed by atoms with E-state index in [9.17, 15) is 9.18 Å². The number of Topliss-reactive ketones (excluding diaryl/α,β-unsaturated/α-hetero) is 1. The van der Waals surface area contributed by atoms with Gasteiger partial charge in [-0.25, -0.2) is 4.39 Å². The summed E-state index contributed by atoms with van der Waals surface area (Å²) in [5.41, 5.74) is 1.79. The zero-order chi connectivity index (χ0) is 19.1. The van der Waals surface area contributed by atoms with Crippen LogP contribution in [-0.2, 0) is 4.74 Å². The second-order valence-corrected chi connectivity index (χ2v) is 6.96. The molecule has 1 aliphatic heterocycles. The van der Waals surface area contributed by atoms with Crippen LogP contribution in [0.2, 0.25) is 0 Å². The Kier molecular flexibility index (Phi) is 11.4. The summed E-state index contributed by atoms with van der Waals surface area (Å²) in [7, 11) is 1.76. The smallest absolute Gasteiger partial charge is 0.164 e. The molecule has 7 heteroatoms. The van der Waals surface area contributed by atoms with Crippen LogP contribution in [0.1, 0.15) is 28.4 Å². The van der Waals surface area contributed by atoms with Gasteiger partial charge in [-0.15, -0.1) is 24.8 Å². The molecule has 29 heavy (non-hydrogen) atoms. The van der Waals surface area contributed by atoms with Crippen LogP contribution in [-0.4, -0.2) is 62.0 Å². The second-order valence-electron chi connectivity index (χ2n) is 6.96. The molecule has 4 nitrogen and oxygen atoms in total. The Morgan fingerprint density at radius 2 is 1.55 bits per heavy atom. The van der Waals surface area contributed by atoms with Crippen molar-refractivity contribution in [3.8, 4) is 0 Å². The van der Waals surface area contributed by atoms with Gasteiger partial charge in [-0.1, -0.05) is 30.3 Å². The standard InChI is InChI=1S/C22H27FN2O2.2ClH/c1-27-22(19-5-3-2-4-6-19)17-25-15-13-24(14-16-25)12-11-21(26)18-7-9-20(23)10-8-18;;/h2-10,22H,11-17H2,1H3;2*1H. The van der Waals surface area contributed by atoms with Gasteiger partial charge in [-0.05, 0) is 29.8 Å². The molecule has 1 aliphatic rings. The van der Waals surface area contributed by atoms with E-state index in [1.807, 2.05) is 18.2 Å². The van der Waals surface area contributed by atoms with Gasteiger partial charge in [-0.3, -0.25) is 9.69 Å². The Morgan fingerprint density at radius 3 is 2.14 bits per heavy atom. The van der Waals surface area contributed by atoms with E-state index in [4.69, 9.17) is 4.74 Å². The van der Waals surface area contributed by atoms with Crippen LogP contribution in [0.25, 0.3) is 0 Å². The zero-order valence-electron chi connectivity index (χ0n) is 16.6. The topological polar surface area (TPSA) is 32.8 Å². The minimum atomic E-state index is -0.312. The Hall–Kier alpha value is -1.50. The SMILES string of the molecule is COC(CN1CCN(CCC(=O)c2ccc(F)cc2)CC1)c1ccccc1.Cl.Cl. The van der Waals surface area contributed by atoms with E-state index < -0.39 is 0 Å². The lowest BCUT2D eigenvalue weighted by Gasteiger charge is -2.36. The number of carbonyl (C=O) groups excluding carboxylic acids is 1. The normalized spacial score (nSPS) is 15.8. The average Bonchev–Trinajstić information content (AvgIpc) is 2.72. The summed E-state index contributed by atoms with van der Waals surface area (Å²) in [5, 5.41) is 0. The molecule has 0 N–H and O–H groups in total. The van der Waals surface area contributed by atoms with Crippen molar-refractivity contribution in [1.29, 1.82) is 0 Å². The van der Waals surface area contributed by atoms with Crippen molar-refractivity contribution in [3.63, 3.8) is 0 Å². The van der Waals surface area contributed by atoms with Crippen molar-refractivity contribution in [2.24, 2.45) is 0 Å². The van der Waals surface area contributed by atoms with Crippen molar-refractivity contribution >= 4 is 30.6 Å². The number of hydrogen-bond acceptors (Lipinski definition) is 4. The lowest BCUT2D eigenvalue weighted by atomic mass is 10.1. The van der Waals surface area contributed by atoms with Crippen molar-refractivity contribution in [2.75, 3.05) is 46.4 Å². The maximum absolute atomic E-state index is 13.0. The van der Waals surface area contributed by atoms with Crippen LogP contribution in [0.3, 0.4) is 0 Å². The molecular weight excluding hydrogens is 414 g/mol. The fraction of sp³-hybridized carbons (Fsp3) is 0.409. The largest absolute Gasteiger partial charge is 0.375 e. The first-order valence-corrected chi connectivity index (χ1v) is 9.47. The summed E-state index contributed by atoms with van der Waals surface area (Å²) < 4.78 is 18.6. The van der Waals surface area contributed by atoms with Gasteiger partial charge >= 0.3 is 0 Å². The summed E-state index contributed by atoms with van der Waals surface area (Å²) >= 11 is 0. The fourth-order valence-corrected chi connectivity index (χ4v) is 3.45. The predicted octanol–water partition coefficient (Wildman–Crippen LogP) is 4.25. The van der Waals surface area contributed by atoms with Gasteiger partial charge in [0.15, 0.2) is 5.78 Å². The fourth-order valence-electron chi connectivity index (χ4n) is 3.45. The van der Waals surface area contributed by atoms with Crippen LogP contribution < -0.4 is 0 Å². The molecule has 2 aromatic carbocycles. The van der Waals surface area contributed by atoms with E-state index >= 15 is 0 Å². The number of hydrogen-bond donors (Lipinski definition) is 0. The van der Waals surface area contributed by atoms with Gasteiger partial charge in [0.25, 0.3) is 0 Å². The average molecular weight is 443 g/mol. The Labute approximate surface area is 184 Å². The number of methoxy groups -OCH3 is 1. The molecule has 0 aromatic heterocycles. The third-order valence-electron chi connectivity index (χ3n) is 5.17. The molecule has 0 bridgehead atoms. The number of carbonyl (C=O) groups is 1. The molecule has 1 atom stereocenters. The van der Waals surface area contributed by atoms with E-state index in [1.165, 1.54) is 17.7 Å². The first kappa shape index (κ1) is 25.5. The van der Waals surface area contributed by atoms with E-state index in [-0.39, 0.29) is 42.5 Å². The van der Waals surface area contributed by atoms with Crippen LogP contribution >= 0.6 is 24.8 Å². The van der Waals surface area contributed by atoms with Crippen molar-refractivity contribution in [1.82, 2.24) is 9.80 Å². The van der Waals surface area contributed by atoms with E-state index in [0.717, 1.165) is 39.3 Å². The van der Waals surface area contributed by atoms with Gasteiger partial charge in [0, 0.05) is 58.4 Å². The Morgan fingerprint density at radius 1 is 0.966 bits per heavy atom. The monoisotopic (exact) mass is 442 g/mol. The summed E-state index contributed by atoms with van der Waals surface area (Å²) in [6.45, 7) is 5.46. The van der Waals surface area contributed by atoms with E-state index in [1.54, 1.807) is 19.2 Å². The zero-order valence-corrected chi connectivity index (χ0v) is 18.3. The molecule has 1 heterocycles.